The third-order valence-corrected chi connectivity index (χ3v) is 1.34. The van der Waals surface area contributed by atoms with Gasteiger partial charge < -0.3 is 10.6 Å². The predicted molar refractivity (Wildman–Crippen MR) is 53.3 cm³/mol. The molecule has 6 heteroatoms. The molecule has 0 spiro atoms. The quantitative estimate of drug-likeness (QED) is 0.569. The first kappa shape index (κ1) is 9.73. The van der Waals surface area contributed by atoms with E-state index in [0.717, 1.165) is 0 Å². The average molecular weight is 200 g/mol. The van der Waals surface area contributed by atoms with Gasteiger partial charge in [0.1, 0.15) is 5.15 Å². The van der Waals surface area contributed by atoms with Crippen LogP contribution in [0.1, 0.15) is 0 Å². The molecule has 0 saturated heterocycles. The third kappa shape index (κ3) is 2.87. The molecule has 0 amide bonds. The third-order valence-electron chi connectivity index (χ3n) is 1.16. The van der Waals surface area contributed by atoms with E-state index in [9.17, 15) is 0 Å². The van der Waals surface area contributed by atoms with Crippen molar-refractivity contribution in [3.8, 4) is 0 Å². The lowest BCUT2D eigenvalue weighted by Crippen LogP contribution is -2.07. The van der Waals surface area contributed by atoms with E-state index in [2.05, 4.69) is 15.0 Å². The zero-order chi connectivity index (χ0) is 9.84. The van der Waals surface area contributed by atoms with Crippen LogP contribution in [0.5, 0.6) is 0 Å². The first-order valence-electron chi connectivity index (χ1n) is 3.58. The van der Waals surface area contributed by atoms with Crippen molar-refractivity contribution >= 4 is 29.6 Å². The van der Waals surface area contributed by atoms with E-state index in [1.807, 2.05) is 14.1 Å². The lowest BCUT2D eigenvalue weighted by Gasteiger charge is -2.02. The largest absolute Gasteiger partial charge is 0.381 e. The van der Waals surface area contributed by atoms with Crippen LogP contribution in [0.25, 0.3) is 0 Å². The maximum Gasteiger partial charge on any atom is 0.196 e. The molecule has 2 N–H and O–H groups in total. The average Bonchev–Trinajstić information content (AvgIpc) is 2.02. The monoisotopic (exact) mass is 199 g/mol. The van der Waals surface area contributed by atoms with Gasteiger partial charge in [0, 0.05) is 14.1 Å². The highest BCUT2D eigenvalue weighted by atomic mass is 35.5. The van der Waals surface area contributed by atoms with Crippen LogP contribution >= 0.6 is 11.6 Å². The Kier molecular flexibility index (Phi) is 3.02. The molecule has 0 unspecified atom stereocenters. The van der Waals surface area contributed by atoms with E-state index in [1.165, 1.54) is 6.20 Å². The minimum absolute atomic E-state index is 0.227. The SMILES string of the molecule is CN(C)C=Nc1ncc(Cl)nc1N. The molecule has 1 rings (SSSR count). The van der Waals surface area contributed by atoms with Gasteiger partial charge >= 0.3 is 0 Å². The molecule has 0 aliphatic carbocycles. The molecule has 5 nitrogen and oxygen atoms in total. The highest BCUT2D eigenvalue weighted by Gasteiger charge is 1.99. The van der Waals surface area contributed by atoms with Gasteiger partial charge in [0.05, 0.1) is 12.5 Å². The van der Waals surface area contributed by atoms with Crippen LogP contribution in [-0.2, 0) is 0 Å². The summed E-state index contributed by atoms with van der Waals surface area (Å²) >= 11 is 5.56. The first-order chi connectivity index (χ1) is 6.09. The van der Waals surface area contributed by atoms with Crippen molar-refractivity contribution in [1.29, 1.82) is 0 Å². The van der Waals surface area contributed by atoms with Crippen molar-refractivity contribution in [2.75, 3.05) is 19.8 Å². The zero-order valence-electron chi connectivity index (χ0n) is 7.40. The van der Waals surface area contributed by atoms with Gasteiger partial charge in [-0.05, 0) is 0 Å². The summed E-state index contributed by atoms with van der Waals surface area (Å²) < 4.78 is 0. The molecule has 0 aliphatic rings. The second kappa shape index (κ2) is 4.04. The van der Waals surface area contributed by atoms with Crippen molar-refractivity contribution < 1.29 is 0 Å². The zero-order valence-corrected chi connectivity index (χ0v) is 8.15. The molecule has 0 bridgehead atoms. The molecule has 1 aromatic heterocycles. The maximum atomic E-state index is 5.56. The Morgan fingerprint density at radius 2 is 2.31 bits per heavy atom. The number of hydrogen-bond acceptors (Lipinski definition) is 4. The van der Waals surface area contributed by atoms with E-state index < -0.39 is 0 Å². The number of nitrogens with two attached hydrogens (primary N) is 1. The molecule has 0 atom stereocenters. The van der Waals surface area contributed by atoms with Crippen molar-refractivity contribution in [3.05, 3.63) is 11.3 Å². The molecule has 0 radical (unpaired) electrons. The Balaban J connectivity index is 2.90. The number of aromatic nitrogens is 2. The Morgan fingerprint density at radius 3 is 2.85 bits per heavy atom. The topological polar surface area (TPSA) is 67.4 Å². The summed E-state index contributed by atoms with van der Waals surface area (Å²) in [6, 6.07) is 0. The minimum Gasteiger partial charge on any atom is -0.381 e. The van der Waals surface area contributed by atoms with Crippen LogP contribution in [0.3, 0.4) is 0 Å². The van der Waals surface area contributed by atoms with Crippen molar-refractivity contribution in [2.45, 2.75) is 0 Å². The van der Waals surface area contributed by atoms with Gasteiger partial charge in [-0.2, -0.15) is 0 Å². The lowest BCUT2D eigenvalue weighted by molar-refractivity contribution is 0.643. The summed E-state index contributed by atoms with van der Waals surface area (Å²) in [6.45, 7) is 0. The Bertz CT molecular complexity index is 323. The summed E-state index contributed by atoms with van der Waals surface area (Å²) in [4.78, 5) is 13.5. The molecule has 0 aromatic carbocycles. The smallest absolute Gasteiger partial charge is 0.196 e. The Morgan fingerprint density at radius 1 is 1.62 bits per heavy atom. The molecule has 13 heavy (non-hydrogen) atoms. The molecular formula is C7H10ClN5. The van der Waals surface area contributed by atoms with Gasteiger partial charge in [0.2, 0.25) is 0 Å². The minimum atomic E-state index is 0.227. The van der Waals surface area contributed by atoms with Gasteiger partial charge in [-0.1, -0.05) is 11.6 Å². The van der Waals surface area contributed by atoms with E-state index in [4.69, 9.17) is 17.3 Å². The second-order valence-corrected chi connectivity index (χ2v) is 3.00. The normalized spacial score (nSPS) is 10.7. The van der Waals surface area contributed by atoms with Crippen LogP contribution in [0.15, 0.2) is 11.2 Å². The summed E-state index contributed by atoms with van der Waals surface area (Å²) in [5.74, 6) is 0.601. The highest BCUT2D eigenvalue weighted by Crippen LogP contribution is 2.17. The van der Waals surface area contributed by atoms with Gasteiger partial charge in [-0.25, -0.2) is 15.0 Å². The molecule has 70 valence electrons. The van der Waals surface area contributed by atoms with Crippen LogP contribution < -0.4 is 5.73 Å². The Labute approximate surface area is 81.3 Å². The first-order valence-corrected chi connectivity index (χ1v) is 3.96. The summed E-state index contributed by atoms with van der Waals surface area (Å²) in [7, 11) is 3.70. The fourth-order valence-electron chi connectivity index (χ4n) is 0.644. The van der Waals surface area contributed by atoms with Crippen molar-refractivity contribution in [3.63, 3.8) is 0 Å². The summed E-state index contributed by atoms with van der Waals surface area (Å²) in [5.41, 5.74) is 5.52. The van der Waals surface area contributed by atoms with E-state index in [0.29, 0.717) is 5.82 Å². The highest BCUT2D eigenvalue weighted by molar-refractivity contribution is 6.29. The van der Waals surface area contributed by atoms with Crippen LogP contribution in [0.4, 0.5) is 11.6 Å². The summed E-state index contributed by atoms with van der Waals surface area (Å²) in [6.07, 6.45) is 2.99. The number of anilines is 1. The number of nitrogen functional groups attached to an aromatic ring is 1. The predicted octanol–water partition coefficient (Wildman–Crippen LogP) is 0.934. The van der Waals surface area contributed by atoms with Crippen LogP contribution in [0.2, 0.25) is 5.15 Å². The van der Waals surface area contributed by atoms with Gasteiger partial charge in [0.15, 0.2) is 11.6 Å². The molecule has 0 aliphatic heterocycles. The fourth-order valence-corrected chi connectivity index (χ4v) is 0.784. The fraction of sp³-hybridized carbons (Fsp3) is 0.286. The summed E-state index contributed by atoms with van der Waals surface area (Å²) in [5, 5.41) is 0.265. The lowest BCUT2D eigenvalue weighted by atomic mass is 10.6. The van der Waals surface area contributed by atoms with Crippen LogP contribution in [0, 0.1) is 0 Å². The maximum absolute atomic E-state index is 5.56. The number of halogens is 1. The molecule has 1 aromatic rings. The van der Waals surface area contributed by atoms with Gasteiger partial charge in [0.25, 0.3) is 0 Å². The van der Waals surface area contributed by atoms with E-state index >= 15 is 0 Å². The van der Waals surface area contributed by atoms with Crippen LogP contribution in [-0.4, -0.2) is 35.3 Å². The number of nitrogens with zero attached hydrogens (tertiary/aromatic N) is 4. The van der Waals surface area contributed by atoms with Gasteiger partial charge in [-0.15, -0.1) is 0 Å². The van der Waals surface area contributed by atoms with Crippen molar-refractivity contribution in [1.82, 2.24) is 14.9 Å². The Hall–Kier alpha value is -1.36. The standard InChI is InChI=1S/C7H10ClN5/c1-13(2)4-11-7-6(9)12-5(8)3-10-7/h3-4H,1-2H3,(H2,9,12). The van der Waals surface area contributed by atoms with E-state index in [1.54, 1.807) is 11.2 Å². The van der Waals surface area contributed by atoms with Crippen molar-refractivity contribution in [2.24, 2.45) is 4.99 Å². The molecule has 1 heterocycles. The van der Waals surface area contributed by atoms with Gasteiger partial charge in [-0.3, -0.25) is 0 Å². The number of aliphatic imine (C=N–C) groups is 1. The number of hydrogen-bond donors (Lipinski definition) is 1. The second-order valence-electron chi connectivity index (χ2n) is 2.61. The number of rotatable bonds is 2. The molecular weight excluding hydrogens is 190 g/mol. The molecule has 0 saturated carbocycles. The van der Waals surface area contributed by atoms with E-state index in [-0.39, 0.29) is 11.0 Å². The molecule has 0 fully saturated rings.